The minimum Gasteiger partial charge on any atom is -0.383 e. The van der Waals surface area contributed by atoms with E-state index in [0.717, 1.165) is 10.0 Å². The molecule has 9 heteroatoms. The second kappa shape index (κ2) is 9.70. The van der Waals surface area contributed by atoms with E-state index in [4.69, 9.17) is 10.5 Å². The number of rotatable bonds is 8. The van der Waals surface area contributed by atoms with Gasteiger partial charge in [0.15, 0.2) is 5.69 Å². The van der Waals surface area contributed by atoms with Crippen molar-refractivity contribution < 1.29 is 9.53 Å². The fraction of sp³-hybridized carbons (Fsp3) is 0.421. The maximum Gasteiger partial charge on any atom is 0.330 e. The lowest BCUT2D eigenvalue weighted by molar-refractivity contribution is -0.118. The highest BCUT2D eigenvalue weighted by molar-refractivity contribution is 9.10. The van der Waals surface area contributed by atoms with Gasteiger partial charge in [-0.2, -0.15) is 0 Å². The average molecular weight is 453 g/mol. The van der Waals surface area contributed by atoms with Crippen molar-refractivity contribution in [3.05, 3.63) is 55.1 Å². The Morgan fingerprint density at radius 3 is 2.68 bits per heavy atom. The van der Waals surface area contributed by atoms with Gasteiger partial charge in [0.05, 0.1) is 13.0 Å². The summed E-state index contributed by atoms with van der Waals surface area (Å²) in [7, 11) is 1.50. The van der Waals surface area contributed by atoms with Gasteiger partial charge in [0.1, 0.15) is 5.82 Å². The molecule has 1 heterocycles. The van der Waals surface area contributed by atoms with Gasteiger partial charge >= 0.3 is 5.69 Å². The monoisotopic (exact) mass is 452 g/mol. The van der Waals surface area contributed by atoms with Gasteiger partial charge in [0.2, 0.25) is 5.91 Å². The van der Waals surface area contributed by atoms with E-state index >= 15 is 0 Å². The van der Waals surface area contributed by atoms with Crippen molar-refractivity contribution in [2.24, 2.45) is 5.92 Å². The summed E-state index contributed by atoms with van der Waals surface area (Å²) in [6, 6.07) is 7.35. The lowest BCUT2D eigenvalue weighted by atomic mass is 10.1. The third kappa shape index (κ3) is 5.32. The summed E-state index contributed by atoms with van der Waals surface area (Å²) in [5.41, 5.74) is 5.63. The Morgan fingerprint density at radius 1 is 1.36 bits per heavy atom. The number of halogens is 1. The zero-order chi connectivity index (χ0) is 20.8. The maximum atomic E-state index is 13.0. The van der Waals surface area contributed by atoms with Crippen molar-refractivity contribution in [2.45, 2.75) is 26.8 Å². The number of nitrogens with one attached hydrogen (secondary N) is 1. The fourth-order valence-corrected chi connectivity index (χ4v) is 3.29. The van der Waals surface area contributed by atoms with Gasteiger partial charge in [-0.3, -0.25) is 19.1 Å². The molecule has 0 fully saturated rings. The van der Waals surface area contributed by atoms with Crippen LogP contribution in [0, 0.1) is 5.92 Å². The third-order valence-corrected chi connectivity index (χ3v) is 4.59. The quantitative estimate of drug-likeness (QED) is 0.633. The van der Waals surface area contributed by atoms with Crippen molar-refractivity contribution in [1.82, 2.24) is 9.55 Å². The Labute approximate surface area is 171 Å². The Bertz CT molecular complexity index is 952. The highest BCUT2D eigenvalue weighted by Gasteiger charge is 2.24. The van der Waals surface area contributed by atoms with Gasteiger partial charge in [0, 0.05) is 24.7 Å². The lowest BCUT2D eigenvalue weighted by Gasteiger charge is -2.25. The van der Waals surface area contributed by atoms with E-state index in [9.17, 15) is 14.4 Å². The summed E-state index contributed by atoms with van der Waals surface area (Å²) < 4.78 is 7.22. The van der Waals surface area contributed by atoms with E-state index in [0.29, 0.717) is 6.54 Å². The number of hydrogen-bond donors (Lipinski definition) is 2. The molecule has 1 amide bonds. The maximum absolute atomic E-state index is 13.0. The first kappa shape index (κ1) is 21.9. The SMILES string of the molecule is COCCN(C(=O)Cc1cccc(Br)c1)c1c(N)n(CC(C)C)c(=O)[nH]c1=O. The standard InChI is InChI=1S/C19H25BrN4O4/c1-12(2)11-24-17(21)16(18(26)22-19(24)27)23(7-8-28-3)15(25)10-13-5-4-6-14(20)9-13/h4-6,9,12H,7-8,10-11,21H2,1-3H3,(H,22,26,27). The highest BCUT2D eigenvalue weighted by Crippen LogP contribution is 2.20. The number of aromatic nitrogens is 2. The summed E-state index contributed by atoms with van der Waals surface area (Å²) in [5.74, 6) is -0.216. The van der Waals surface area contributed by atoms with E-state index in [-0.39, 0.29) is 42.9 Å². The van der Waals surface area contributed by atoms with Crippen LogP contribution in [0.25, 0.3) is 0 Å². The van der Waals surface area contributed by atoms with Crippen molar-refractivity contribution >= 4 is 33.3 Å². The first-order valence-corrected chi connectivity index (χ1v) is 9.70. The zero-order valence-corrected chi connectivity index (χ0v) is 17.8. The highest BCUT2D eigenvalue weighted by atomic mass is 79.9. The molecule has 0 aliphatic heterocycles. The summed E-state index contributed by atoms with van der Waals surface area (Å²) in [6.07, 6.45) is 0.0747. The van der Waals surface area contributed by atoms with Crippen molar-refractivity contribution in [3.63, 3.8) is 0 Å². The van der Waals surface area contributed by atoms with Crippen LogP contribution in [0.1, 0.15) is 19.4 Å². The smallest absolute Gasteiger partial charge is 0.330 e. The lowest BCUT2D eigenvalue weighted by Crippen LogP contribution is -2.43. The second-order valence-electron chi connectivity index (χ2n) is 6.84. The van der Waals surface area contributed by atoms with E-state index < -0.39 is 11.2 Å². The Balaban J connectivity index is 2.48. The van der Waals surface area contributed by atoms with Crippen LogP contribution < -0.4 is 21.9 Å². The Hall–Kier alpha value is -2.39. The number of nitrogens with zero attached hydrogens (tertiary/aromatic N) is 2. The Kier molecular flexibility index (Phi) is 7.59. The molecule has 0 saturated heterocycles. The number of aromatic amines is 1. The van der Waals surface area contributed by atoms with Crippen molar-refractivity contribution in [1.29, 1.82) is 0 Å². The summed E-state index contributed by atoms with van der Waals surface area (Å²) in [5, 5.41) is 0. The van der Waals surface area contributed by atoms with Crippen LogP contribution in [0.4, 0.5) is 11.5 Å². The summed E-state index contributed by atoms with van der Waals surface area (Å²) in [4.78, 5) is 41.3. The number of carbonyl (C=O) groups is 1. The minimum atomic E-state index is -0.693. The van der Waals surface area contributed by atoms with Crippen LogP contribution in [0.5, 0.6) is 0 Å². The number of nitrogen functional groups attached to an aromatic ring is 1. The van der Waals surface area contributed by atoms with E-state index in [1.807, 2.05) is 38.1 Å². The summed E-state index contributed by atoms with van der Waals surface area (Å²) >= 11 is 3.38. The minimum absolute atomic E-state index is 0.0267. The van der Waals surface area contributed by atoms with Crippen molar-refractivity contribution in [3.8, 4) is 0 Å². The predicted octanol–water partition coefficient (Wildman–Crippen LogP) is 1.76. The van der Waals surface area contributed by atoms with Crippen LogP contribution in [-0.4, -0.2) is 35.7 Å². The van der Waals surface area contributed by atoms with Crippen molar-refractivity contribution in [2.75, 3.05) is 30.9 Å². The molecule has 0 saturated carbocycles. The molecule has 0 aliphatic carbocycles. The fourth-order valence-electron chi connectivity index (χ4n) is 2.85. The molecule has 0 unspecified atom stereocenters. The normalized spacial score (nSPS) is 11.0. The molecule has 0 radical (unpaired) electrons. The molecule has 152 valence electrons. The van der Waals surface area contributed by atoms with Crippen LogP contribution in [0.2, 0.25) is 0 Å². The molecule has 8 nitrogen and oxygen atoms in total. The number of carbonyl (C=O) groups excluding carboxylic acids is 1. The first-order valence-electron chi connectivity index (χ1n) is 8.91. The molecular formula is C19H25BrN4O4. The number of nitrogens with two attached hydrogens (primary N) is 1. The van der Waals surface area contributed by atoms with E-state index in [2.05, 4.69) is 20.9 Å². The Morgan fingerprint density at radius 2 is 2.07 bits per heavy atom. The average Bonchev–Trinajstić information content (AvgIpc) is 2.61. The second-order valence-corrected chi connectivity index (χ2v) is 7.76. The van der Waals surface area contributed by atoms with E-state index in [1.165, 1.54) is 16.6 Å². The number of methoxy groups -OCH3 is 1. The van der Waals surface area contributed by atoms with Crippen LogP contribution in [0.15, 0.2) is 38.3 Å². The third-order valence-electron chi connectivity index (χ3n) is 4.10. The molecule has 28 heavy (non-hydrogen) atoms. The molecular weight excluding hydrogens is 428 g/mol. The van der Waals surface area contributed by atoms with Crippen LogP contribution in [-0.2, 0) is 22.5 Å². The molecule has 0 spiro atoms. The van der Waals surface area contributed by atoms with Gasteiger partial charge in [0.25, 0.3) is 5.56 Å². The molecule has 0 bridgehead atoms. The largest absolute Gasteiger partial charge is 0.383 e. The van der Waals surface area contributed by atoms with Crippen LogP contribution in [0.3, 0.4) is 0 Å². The zero-order valence-electron chi connectivity index (χ0n) is 16.2. The van der Waals surface area contributed by atoms with Gasteiger partial charge in [-0.1, -0.05) is 41.9 Å². The van der Waals surface area contributed by atoms with Gasteiger partial charge in [-0.15, -0.1) is 0 Å². The predicted molar refractivity (Wildman–Crippen MR) is 113 cm³/mol. The first-order chi connectivity index (χ1) is 13.2. The van der Waals surface area contributed by atoms with E-state index in [1.54, 1.807) is 0 Å². The van der Waals surface area contributed by atoms with Gasteiger partial charge < -0.3 is 15.4 Å². The van der Waals surface area contributed by atoms with Gasteiger partial charge in [-0.25, -0.2) is 4.79 Å². The number of benzene rings is 1. The molecule has 2 aromatic rings. The molecule has 0 aliphatic rings. The van der Waals surface area contributed by atoms with Gasteiger partial charge in [-0.05, 0) is 23.6 Å². The summed E-state index contributed by atoms with van der Waals surface area (Å²) in [6.45, 7) is 4.53. The number of H-pyrrole nitrogens is 1. The van der Waals surface area contributed by atoms with Crippen LogP contribution >= 0.6 is 15.9 Å². The number of amides is 1. The molecule has 1 aromatic heterocycles. The topological polar surface area (TPSA) is 110 Å². The number of ether oxygens (including phenoxy) is 1. The molecule has 0 atom stereocenters. The molecule has 2 rings (SSSR count). The number of anilines is 2. The molecule has 3 N–H and O–H groups in total. The number of hydrogen-bond acceptors (Lipinski definition) is 5. The molecule has 1 aromatic carbocycles.